The van der Waals surface area contributed by atoms with Gasteiger partial charge in [-0.3, -0.25) is 4.79 Å². The fourth-order valence-electron chi connectivity index (χ4n) is 3.45. The van der Waals surface area contributed by atoms with E-state index >= 15 is 0 Å². The first-order valence-electron chi connectivity index (χ1n) is 9.67. The molecule has 0 spiro atoms. The SMILES string of the molecule is COC(=O)c1csc(-c2nc(Nc3cc4c(cc3Cl)CN(C(=O)O)CC4)ncc2C(N)=O)c1. The molecule has 0 atom stereocenters. The fourth-order valence-corrected chi connectivity index (χ4v) is 4.57. The highest BCUT2D eigenvalue weighted by molar-refractivity contribution is 7.13. The summed E-state index contributed by atoms with van der Waals surface area (Å²) in [6.45, 7) is 0.651. The molecule has 0 saturated heterocycles. The molecule has 170 valence electrons. The van der Waals surface area contributed by atoms with Crippen LogP contribution < -0.4 is 11.1 Å². The highest BCUT2D eigenvalue weighted by Crippen LogP contribution is 2.33. The second-order valence-corrected chi connectivity index (χ2v) is 8.51. The second kappa shape index (κ2) is 9.04. The number of halogens is 1. The van der Waals surface area contributed by atoms with Crippen LogP contribution in [0.3, 0.4) is 0 Å². The maximum absolute atomic E-state index is 11.9. The molecule has 1 aliphatic heterocycles. The van der Waals surface area contributed by atoms with E-state index in [-0.39, 0.29) is 23.8 Å². The Morgan fingerprint density at radius 1 is 1.27 bits per heavy atom. The maximum atomic E-state index is 11.9. The average molecular weight is 488 g/mol. The summed E-state index contributed by atoms with van der Waals surface area (Å²) in [5.41, 5.74) is 8.53. The third kappa shape index (κ3) is 4.59. The number of carboxylic acid groups (broad SMARTS) is 1. The van der Waals surface area contributed by atoms with E-state index in [1.165, 1.54) is 29.5 Å². The number of rotatable bonds is 5. The van der Waals surface area contributed by atoms with E-state index in [2.05, 4.69) is 15.3 Å². The summed E-state index contributed by atoms with van der Waals surface area (Å²) in [4.78, 5) is 45.4. The van der Waals surface area contributed by atoms with E-state index in [0.717, 1.165) is 11.1 Å². The van der Waals surface area contributed by atoms with Crippen molar-refractivity contribution in [3.05, 3.63) is 57.1 Å². The van der Waals surface area contributed by atoms with Crippen LogP contribution in [0.25, 0.3) is 10.6 Å². The highest BCUT2D eigenvalue weighted by Gasteiger charge is 2.22. The number of nitrogens with two attached hydrogens (primary N) is 1. The Morgan fingerprint density at radius 3 is 2.76 bits per heavy atom. The summed E-state index contributed by atoms with van der Waals surface area (Å²) in [5, 5.41) is 14.2. The molecule has 2 amide bonds. The summed E-state index contributed by atoms with van der Waals surface area (Å²) in [6.07, 6.45) is 0.881. The van der Waals surface area contributed by atoms with Gasteiger partial charge in [-0.05, 0) is 35.7 Å². The molecule has 10 nitrogen and oxygen atoms in total. The lowest BCUT2D eigenvalue weighted by Crippen LogP contribution is -2.34. The van der Waals surface area contributed by atoms with Crippen molar-refractivity contribution in [3.63, 3.8) is 0 Å². The predicted molar refractivity (Wildman–Crippen MR) is 122 cm³/mol. The molecule has 1 aliphatic rings. The van der Waals surface area contributed by atoms with E-state index in [4.69, 9.17) is 22.1 Å². The first kappa shape index (κ1) is 22.5. The number of nitrogens with zero attached hydrogens (tertiary/aromatic N) is 3. The van der Waals surface area contributed by atoms with Crippen molar-refractivity contribution >= 4 is 52.5 Å². The first-order chi connectivity index (χ1) is 15.8. The first-order valence-corrected chi connectivity index (χ1v) is 10.9. The zero-order chi connectivity index (χ0) is 23.7. The Kier molecular flexibility index (Phi) is 6.16. The summed E-state index contributed by atoms with van der Waals surface area (Å²) < 4.78 is 4.73. The Hall–Kier alpha value is -3.70. The molecule has 33 heavy (non-hydrogen) atoms. The molecule has 0 bridgehead atoms. The largest absolute Gasteiger partial charge is 0.465 e. The van der Waals surface area contributed by atoms with Gasteiger partial charge < -0.3 is 25.8 Å². The van der Waals surface area contributed by atoms with Gasteiger partial charge in [-0.25, -0.2) is 19.6 Å². The number of fused-ring (bicyclic) bond motifs is 1. The van der Waals surface area contributed by atoms with E-state index < -0.39 is 18.0 Å². The van der Waals surface area contributed by atoms with Gasteiger partial charge in [0.25, 0.3) is 5.91 Å². The summed E-state index contributed by atoms with van der Waals surface area (Å²) in [5.74, 6) is -1.04. The van der Waals surface area contributed by atoms with Crippen LogP contribution in [0.15, 0.2) is 29.8 Å². The number of amides is 2. The second-order valence-electron chi connectivity index (χ2n) is 7.19. The molecular formula is C21H18ClN5O5S. The fraction of sp³-hybridized carbons (Fsp3) is 0.190. The molecule has 12 heteroatoms. The molecule has 0 unspecified atom stereocenters. The van der Waals surface area contributed by atoms with Crippen molar-refractivity contribution in [3.8, 4) is 10.6 Å². The van der Waals surface area contributed by atoms with E-state index in [1.807, 2.05) is 6.07 Å². The number of ether oxygens (including phenoxy) is 1. The van der Waals surface area contributed by atoms with Crippen molar-refractivity contribution in [2.45, 2.75) is 13.0 Å². The monoisotopic (exact) mass is 487 g/mol. The summed E-state index contributed by atoms with van der Waals surface area (Å²) in [6, 6.07) is 5.12. The zero-order valence-electron chi connectivity index (χ0n) is 17.3. The lowest BCUT2D eigenvalue weighted by Gasteiger charge is -2.27. The molecular weight excluding hydrogens is 470 g/mol. The van der Waals surface area contributed by atoms with E-state index in [1.54, 1.807) is 17.5 Å². The third-order valence-corrected chi connectivity index (χ3v) is 6.38. The number of carbonyl (C=O) groups is 3. The topological polar surface area (TPSA) is 148 Å². The van der Waals surface area contributed by atoms with Crippen LogP contribution in [-0.2, 0) is 17.7 Å². The molecule has 0 fully saturated rings. The van der Waals surface area contributed by atoms with Crippen LogP contribution in [0, 0.1) is 0 Å². The number of carbonyl (C=O) groups excluding carboxylic acids is 2. The predicted octanol–water partition coefficient (Wildman–Crippen LogP) is 3.52. The number of nitrogens with one attached hydrogen (secondary N) is 1. The average Bonchev–Trinajstić information content (AvgIpc) is 3.28. The number of primary amides is 1. The molecule has 4 rings (SSSR count). The van der Waals surface area contributed by atoms with Gasteiger partial charge in [0.2, 0.25) is 5.95 Å². The van der Waals surface area contributed by atoms with Gasteiger partial charge >= 0.3 is 12.1 Å². The van der Waals surface area contributed by atoms with Gasteiger partial charge in [-0.15, -0.1) is 11.3 Å². The van der Waals surface area contributed by atoms with Crippen LogP contribution in [0.4, 0.5) is 16.4 Å². The Bertz CT molecular complexity index is 1280. The standard InChI is InChI=1S/C21H18ClN5O5S/c1-32-19(29)12-6-16(33-9-12)17-13(18(23)28)7-24-20(26-17)25-15-5-10-2-3-27(21(30)31)8-11(10)4-14(15)22/h4-7,9H,2-3,8H2,1H3,(H2,23,28)(H,30,31)(H,24,25,26). The van der Waals surface area contributed by atoms with Crippen molar-refractivity contribution in [1.82, 2.24) is 14.9 Å². The van der Waals surface area contributed by atoms with Gasteiger partial charge in [0.1, 0.15) is 0 Å². The van der Waals surface area contributed by atoms with Crippen LogP contribution in [0.1, 0.15) is 31.8 Å². The lowest BCUT2D eigenvalue weighted by atomic mass is 9.99. The van der Waals surface area contributed by atoms with Crippen molar-refractivity contribution in [2.24, 2.45) is 5.73 Å². The minimum absolute atomic E-state index is 0.101. The van der Waals surface area contributed by atoms with E-state index in [0.29, 0.717) is 34.1 Å². The lowest BCUT2D eigenvalue weighted by molar-refractivity contribution is 0.0601. The van der Waals surface area contributed by atoms with Crippen LogP contribution >= 0.6 is 22.9 Å². The minimum atomic E-state index is -0.974. The van der Waals surface area contributed by atoms with Crippen molar-refractivity contribution in [1.29, 1.82) is 0 Å². The normalized spacial score (nSPS) is 12.7. The number of thiophene rings is 1. The van der Waals surface area contributed by atoms with Gasteiger partial charge in [0, 0.05) is 24.7 Å². The molecule has 0 saturated carbocycles. The number of esters is 1. The number of methoxy groups -OCH3 is 1. The number of aromatic nitrogens is 2. The summed E-state index contributed by atoms with van der Waals surface area (Å²) >= 11 is 7.64. The molecule has 3 aromatic rings. The van der Waals surface area contributed by atoms with Gasteiger partial charge in [-0.1, -0.05) is 11.6 Å². The van der Waals surface area contributed by atoms with Gasteiger partial charge in [0.05, 0.1) is 39.5 Å². The van der Waals surface area contributed by atoms with Crippen molar-refractivity contribution < 1.29 is 24.2 Å². The van der Waals surface area contributed by atoms with Crippen LogP contribution in [0.5, 0.6) is 0 Å². The minimum Gasteiger partial charge on any atom is -0.465 e. The number of hydrogen-bond acceptors (Lipinski definition) is 8. The number of hydrogen-bond donors (Lipinski definition) is 3. The number of anilines is 2. The van der Waals surface area contributed by atoms with Crippen molar-refractivity contribution in [2.75, 3.05) is 19.0 Å². The Balaban J connectivity index is 1.66. The van der Waals surface area contributed by atoms with Crippen LogP contribution in [0.2, 0.25) is 5.02 Å². The van der Waals surface area contributed by atoms with Crippen LogP contribution in [-0.4, -0.2) is 51.6 Å². The summed E-state index contributed by atoms with van der Waals surface area (Å²) in [7, 11) is 1.28. The quantitative estimate of drug-likeness (QED) is 0.463. The maximum Gasteiger partial charge on any atom is 0.407 e. The van der Waals surface area contributed by atoms with Gasteiger partial charge in [0.15, 0.2) is 0 Å². The molecule has 2 aromatic heterocycles. The smallest absolute Gasteiger partial charge is 0.407 e. The Morgan fingerprint density at radius 2 is 2.06 bits per heavy atom. The number of benzene rings is 1. The molecule has 1 aromatic carbocycles. The Labute approximate surface area is 197 Å². The van der Waals surface area contributed by atoms with Gasteiger partial charge in [-0.2, -0.15) is 0 Å². The highest BCUT2D eigenvalue weighted by atomic mass is 35.5. The van der Waals surface area contributed by atoms with E-state index in [9.17, 15) is 19.5 Å². The molecule has 4 N–H and O–H groups in total. The molecule has 0 aliphatic carbocycles. The third-order valence-electron chi connectivity index (χ3n) is 5.13. The zero-order valence-corrected chi connectivity index (χ0v) is 18.9. The molecule has 3 heterocycles. The molecule has 0 radical (unpaired) electrons.